The Kier molecular flexibility index (Phi) is 14.8. The highest BCUT2D eigenvalue weighted by Gasteiger charge is 2.66. The van der Waals surface area contributed by atoms with Crippen LogP contribution in [0.15, 0.2) is 94.6 Å². The molecule has 0 radical (unpaired) electrons. The third-order valence-corrected chi connectivity index (χ3v) is 13.1. The largest absolute Gasteiger partial charge is 0.497 e. The fourth-order valence-corrected chi connectivity index (χ4v) is 10.0. The normalized spacial score (nSPS) is 21.7. The van der Waals surface area contributed by atoms with Crippen LogP contribution in [0.2, 0.25) is 0 Å². The highest BCUT2D eigenvalue weighted by molar-refractivity contribution is 7.44. The summed E-state index contributed by atoms with van der Waals surface area (Å²) in [6.45, 7) is 10.9. The lowest BCUT2D eigenvalue weighted by Crippen LogP contribution is -2.51. The van der Waals surface area contributed by atoms with Gasteiger partial charge < -0.3 is 37.5 Å². The molecule has 16 heteroatoms. The number of H-pyrrole nitrogens is 1. The number of rotatable bonds is 19. The monoisotopic (exact) mass is 858 g/mol. The number of fused-ring (bicyclic) bond motifs is 1. The zero-order chi connectivity index (χ0) is 43.9. The standard InChI is InChI=1S/C45H55N4O11P/c1-29(2)49(30(3)4)61(57-24-12-23-46)60-44-25-38(27-55-32(6)50)58-40(44)42(48-26-31(5)41(51)47-43(48)52)59-39(44)28-56-45(33-13-10-9-11-14-33,34-15-19-36(53-7)20-16-34)35-17-21-37(54-8)22-18-35/h9-11,13-22,26,29-30,38-40,42H,12,24-25,27-28H2,1-8H3,(H,47,51,52)/t38-,39+,40+,42+,44+,61?/m0/s1. The molecule has 15 nitrogen and oxygen atoms in total. The molecule has 0 aliphatic carbocycles. The Balaban J connectivity index is 1.56. The molecule has 1 N–H and O–H groups in total. The van der Waals surface area contributed by atoms with E-state index < -0.39 is 61.5 Å². The van der Waals surface area contributed by atoms with Crippen molar-refractivity contribution in [2.75, 3.05) is 34.0 Å². The molecule has 6 atom stereocenters. The van der Waals surface area contributed by atoms with Gasteiger partial charge in [-0.2, -0.15) is 5.26 Å². The SMILES string of the molecule is COc1ccc(C(OC[C@H]2O[C@@H](n3cc(C)c(=O)[nH]c3=O)[C@H]3O[C@H](COC(C)=O)C[C@]32OP(OCCC#N)N(C(C)C)C(C)C)(c2ccccc2)c2ccc(OC)cc2)cc1. The first-order valence-electron chi connectivity index (χ1n) is 20.3. The van der Waals surface area contributed by atoms with Gasteiger partial charge in [-0.25, -0.2) is 9.46 Å². The number of aromatic amines is 1. The zero-order valence-corrected chi connectivity index (χ0v) is 36.8. The minimum Gasteiger partial charge on any atom is -0.497 e. The van der Waals surface area contributed by atoms with Crippen molar-refractivity contribution in [2.45, 2.75) is 102 Å². The number of hydrogen-bond donors (Lipinski definition) is 1. The molecule has 0 spiro atoms. The molecule has 0 bridgehead atoms. The van der Waals surface area contributed by atoms with Crippen LogP contribution in [0.1, 0.15) is 75.9 Å². The van der Waals surface area contributed by atoms with Crippen molar-refractivity contribution >= 4 is 14.5 Å². The first kappa shape index (κ1) is 45.6. The molecule has 0 amide bonds. The number of carbonyl (C=O) groups is 1. The van der Waals surface area contributed by atoms with Crippen molar-refractivity contribution in [3.63, 3.8) is 0 Å². The van der Waals surface area contributed by atoms with Gasteiger partial charge in [0.1, 0.15) is 41.5 Å². The highest BCUT2D eigenvalue weighted by Crippen LogP contribution is 2.59. The Morgan fingerprint density at radius 3 is 2.07 bits per heavy atom. The van der Waals surface area contributed by atoms with Crippen LogP contribution < -0.4 is 20.7 Å². The quantitative estimate of drug-likeness (QED) is 0.0468. The summed E-state index contributed by atoms with van der Waals surface area (Å²) in [7, 11) is 1.28. The fraction of sp³-hybridized carbons (Fsp3) is 0.467. The summed E-state index contributed by atoms with van der Waals surface area (Å²) in [5, 5.41) is 9.52. The van der Waals surface area contributed by atoms with E-state index in [0.717, 1.165) is 16.7 Å². The molecule has 6 rings (SSSR count). The van der Waals surface area contributed by atoms with E-state index >= 15 is 0 Å². The number of esters is 1. The Morgan fingerprint density at radius 1 is 0.934 bits per heavy atom. The lowest BCUT2D eigenvalue weighted by atomic mass is 9.79. The van der Waals surface area contributed by atoms with Crippen molar-refractivity contribution < 1.29 is 42.3 Å². The summed E-state index contributed by atoms with van der Waals surface area (Å²) >= 11 is 0. The van der Waals surface area contributed by atoms with E-state index in [1.807, 2.05) is 107 Å². The van der Waals surface area contributed by atoms with E-state index in [4.69, 9.17) is 37.5 Å². The number of nitriles is 1. The second-order valence-electron chi connectivity index (χ2n) is 15.6. The summed E-state index contributed by atoms with van der Waals surface area (Å²) in [4.78, 5) is 40.9. The number of nitrogens with zero attached hydrogens (tertiary/aromatic N) is 3. The van der Waals surface area contributed by atoms with Gasteiger partial charge in [0, 0.05) is 37.2 Å². The summed E-state index contributed by atoms with van der Waals surface area (Å²) in [5.41, 5.74) is -1.29. The Hall–Kier alpha value is -4.91. The van der Waals surface area contributed by atoms with Crippen LogP contribution in [0.3, 0.4) is 0 Å². The van der Waals surface area contributed by atoms with E-state index in [9.17, 15) is 19.6 Å². The molecule has 2 fully saturated rings. The number of aryl methyl sites for hydroxylation is 1. The zero-order valence-electron chi connectivity index (χ0n) is 35.9. The molecule has 2 saturated heterocycles. The molecule has 2 aliphatic heterocycles. The lowest BCUT2D eigenvalue weighted by molar-refractivity contribution is -0.148. The molecule has 1 unspecified atom stereocenters. The second-order valence-corrected chi connectivity index (χ2v) is 17.0. The van der Waals surface area contributed by atoms with Crippen LogP contribution in [0.5, 0.6) is 11.5 Å². The summed E-state index contributed by atoms with van der Waals surface area (Å²) in [6.07, 6.45) is -2.14. The maximum absolute atomic E-state index is 13.7. The first-order valence-corrected chi connectivity index (χ1v) is 21.4. The van der Waals surface area contributed by atoms with E-state index in [-0.39, 0.29) is 50.3 Å². The average Bonchev–Trinajstić information content (AvgIpc) is 3.75. The van der Waals surface area contributed by atoms with Crippen LogP contribution in [0.4, 0.5) is 0 Å². The smallest absolute Gasteiger partial charge is 0.330 e. The van der Waals surface area contributed by atoms with Crippen molar-refractivity contribution in [1.29, 1.82) is 5.26 Å². The second kappa shape index (κ2) is 19.9. The molecule has 0 saturated carbocycles. The van der Waals surface area contributed by atoms with Gasteiger partial charge in [-0.1, -0.05) is 54.6 Å². The number of hydrogen-bond acceptors (Lipinski definition) is 13. The van der Waals surface area contributed by atoms with Gasteiger partial charge in [0.05, 0.1) is 46.0 Å². The predicted octanol–water partition coefficient (Wildman–Crippen LogP) is 6.52. The van der Waals surface area contributed by atoms with E-state index in [2.05, 4.69) is 15.7 Å². The van der Waals surface area contributed by atoms with Crippen LogP contribution >= 0.6 is 8.53 Å². The molecule has 326 valence electrons. The van der Waals surface area contributed by atoms with Gasteiger partial charge in [-0.3, -0.25) is 19.1 Å². The van der Waals surface area contributed by atoms with Crippen molar-refractivity contribution in [3.05, 3.63) is 128 Å². The number of nitrogens with one attached hydrogen (secondary N) is 1. The third-order valence-electron chi connectivity index (χ3n) is 10.9. The van der Waals surface area contributed by atoms with Crippen molar-refractivity contribution in [2.24, 2.45) is 0 Å². The number of methoxy groups -OCH3 is 2. The van der Waals surface area contributed by atoms with E-state index in [0.29, 0.717) is 11.5 Å². The Morgan fingerprint density at radius 2 is 1.52 bits per heavy atom. The van der Waals surface area contributed by atoms with Crippen LogP contribution in [0, 0.1) is 18.3 Å². The van der Waals surface area contributed by atoms with Gasteiger partial charge >= 0.3 is 11.7 Å². The molecular formula is C45H55N4O11P. The molecule has 4 aromatic rings. The minimum atomic E-state index is -1.94. The van der Waals surface area contributed by atoms with Gasteiger partial charge in [0.2, 0.25) is 0 Å². The fourth-order valence-electron chi connectivity index (χ4n) is 8.15. The van der Waals surface area contributed by atoms with Crippen molar-refractivity contribution in [1.82, 2.24) is 14.2 Å². The number of benzene rings is 3. The van der Waals surface area contributed by atoms with Crippen LogP contribution in [-0.2, 0) is 38.4 Å². The third kappa shape index (κ3) is 9.61. The molecular weight excluding hydrogens is 803 g/mol. The maximum atomic E-state index is 13.7. The van der Waals surface area contributed by atoms with Gasteiger partial charge in [0.25, 0.3) is 14.1 Å². The topological polar surface area (TPSA) is 173 Å². The summed E-state index contributed by atoms with van der Waals surface area (Å²) in [6, 6.07) is 27.1. The number of aromatic nitrogens is 2. The summed E-state index contributed by atoms with van der Waals surface area (Å²) < 4.78 is 55.0. The lowest BCUT2D eigenvalue weighted by Gasteiger charge is -2.43. The highest BCUT2D eigenvalue weighted by atomic mass is 31.2. The molecule has 2 aliphatic rings. The van der Waals surface area contributed by atoms with Crippen LogP contribution in [0.25, 0.3) is 0 Å². The number of ether oxygens (including phenoxy) is 6. The maximum Gasteiger partial charge on any atom is 0.330 e. The van der Waals surface area contributed by atoms with E-state index in [1.165, 1.54) is 17.7 Å². The predicted molar refractivity (Wildman–Crippen MR) is 227 cm³/mol. The van der Waals surface area contributed by atoms with Gasteiger partial charge in [0.15, 0.2) is 6.23 Å². The average molecular weight is 859 g/mol. The molecule has 3 heterocycles. The van der Waals surface area contributed by atoms with Gasteiger partial charge in [-0.05, 0) is 75.6 Å². The minimum absolute atomic E-state index is 0.0598. The Bertz CT molecular complexity index is 2190. The first-order chi connectivity index (χ1) is 29.3. The number of carbonyl (C=O) groups excluding carboxylic acids is 1. The molecule has 61 heavy (non-hydrogen) atoms. The van der Waals surface area contributed by atoms with Crippen LogP contribution in [-0.4, -0.2) is 90.2 Å². The summed E-state index contributed by atoms with van der Waals surface area (Å²) in [5.74, 6) is 0.826. The molecule has 3 aromatic carbocycles. The molecule has 1 aromatic heterocycles. The van der Waals surface area contributed by atoms with Gasteiger partial charge in [-0.15, -0.1) is 0 Å². The van der Waals surface area contributed by atoms with Crippen molar-refractivity contribution in [3.8, 4) is 17.6 Å². The van der Waals surface area contributed by atoms with E-state index in [1.54, 1.807) is 21.1 Å². The Labute approximate surface area is 357 Å².